The van der Waals surface area contributed by atoms with Crippen molar-refractivity contribution in [2.45, 2.75) is 13.3 Å². The van der Waals surface area contributed by atoms with Crippen LogP contribution in [0.2, 0.25) is 5.02 Å². The lowest BCUT2D eigenvalue weighted by Gasteiger charge is -2.09. The van der Waals surface area contributed by atoms with Gasteiger partial charge < -0.3 is 15.4 Å². The van der Waals surface area contributed by atoms with Gasteiger partial charge in [-0.25, -0.2) is 4.79 Å². The molecule has 0 fully saturated rings. The smallest absolute Gasteiger partial charge is 0.319 e. The van der Waals surface area contributed by atoms with Crippen molar-refractivity contribution in [3.63, 3.8) is 0 Å². The number of rotatable bonds is 5. The van der Waals surface area contributed by atoms with Crippen molar-refractivity contribution in [3.05, 3.63) is 59.1 Å². The minimum Gasteiger partial charge on any atom is -0.427 e. The first kappa shape index (κ1) is 16.8. The van der Waals surface area contributed by atoms with Gasteiger partial charge in [-0.3, -0.25) is 4.79 Å². The molecular formula is C17H17ClN2O3. The molecule has 2 amide bonds. The van der Waals surface area contributed by atoms with Gasteiger partial charge in [0.15, 0.2) is 0 Å². The van der Waals surface area contributed by atoms with Gasteiger partial charge in [-0.2, -0.15) is 0 Å². The Morgan fingerprint density at radius 2 is 1.87 bits per heavy atom. The van der Waals surface area contributed by atoms with Crippen molar-refractivity contribution in [2.24, 2.45) is 0 Å². The van der Waals surface area contributed by atoms with Crippen LogP contribution in [0.25, 0.3) is 0 Å². The molecule has 120 valence electrons. The highest BCUT2D eigenvalue weighted by molar-refractivity contribution is 6.30. The summed E-state index contributed by atoms with van der Waals surface area (Å²) in [7, 11) is 0. The highest BCUT2D eigenvalue weighted by Crippen LogP contribution is 2.17. The van der Waals surface area contributed by atoms with E-state index in [1.807, 2.05) is 24.3 Å². The largest absolute Gasteiger partial charge is 0.427 e. The van der Waals surface area contributed by atoms with Crippen LogP contribution in [0.3, 0.4) is 0 Å². The Balaban J connectivity index is 1.80. The van der Waals surface area contributed by atoms with Gasteiger partial charge in [-0.15, -0.1) is 0 Å². The Hall–Kier alpha value is -2.53. The number of esters is 1. The minimum atomic E-state index is -0.408. The summed E-state index contributed by atoms with van der Waals surface area (Å²) >= 11 is 5.82. The number of halogens is 1. The third-order valence-electron chi connectivity index (χ3n) is 2.97. The number of hydrogen-bond donors (Lipinski definition) is 2. The van der Waals surface area contributed by atoms with Crippen LogP contribution in [0.1, 0.15) is 12.5 Å². The molecule has 0 aliphatic rings. The molecule has 0 saturated heterocycles. The lowest BCUT2D eigenvalue weighted by Crippen LogP contribution is -2.30. The zero-order valence-corrected chi connectivity index (χ0v) is 13.4. The van der Waals surface area contributed by atoms with E-state index in [-0.39, 0.29) is 6.03 Å². The monoisotopic (exact) mass is 332 g/mol. The molecule has 0 heterocycles. The molecule has 0 aromatic heterocycles. The predicted molar refractivity (Wildman–Crippen MR) is 89.9 cm³/mol. The first-order chi connectivity index (χ1) is 11.0. The molecule has 5 nitrogen and oxygen atoms in total. The van der Waals surface area contributed by atoms with Gasteiger partial charge in [0.1, 0.15) is 5.75 Å². The minimum absolute atomic E-state index is 0.320. The molecule has 2 N–H and O–H groups in total. The summed E-state index contributed by atoms with van der Waals surface area (Å²) in [5, 5.41) is 6.14. The topological polar surface area (TPSA) is 67.4 Å². The number of amides is 2. The fraction of sp³-hybridized carbons (Fsp3) is 0.176. The van der Waals surface area contributed by atoms with Crippen molar-refractivity contribution in [1.82, 2.24) is 5.32 Å². The molecular weight excluding hydrogens is 316 g/mol. The third-order valence-corrected chi connectivity index (χ3v) is 3.22. The number of anilines is 1. The van der Waals surface area contributed by atoms with Crippen molar-refractivity contribution in [1.29, 1.82) is 0 Å². The SMILES string of the molecule is CC(=O)Oc1cccc(NC(=O)NCCc2ccc(Cl)cc2)c1. The van der Waals surface area contributed by atoms with Crippen LogP contribution in [0.4, 0.5) is 10.5 Å². The first-order valence-electron chi connectivity index (χ1n) is 7.11. The molecule has 0 bridgehead atoms. The fourth-order valence-electron chi connectivity index (χ4n) is 1.95. The summed E-state index contributed by atoms with van der Waals surface area (Å²) in [6.07, 6.45) is 0.706. The van der Waals surface area contributed by atoms with Gasteiger partial charge >= 0.3 is 12.0 Å². The van der Waals surface area contributed by atoms with E-state index in [0.717, 1.165) is 5.56 Å². The van der Waals surface area contributed by atoms with Crippen LogP contribution < -0.4 is 15.4 Å². The van der Waals surface area contributed by atoms with Crippen molar-refractivity contribution in [3.8, 4) is 5.75 Å². The Morgan fingerprint density at radius 3 is 2.57 bits per heavy atom. The molecule has 2 aromatic rings. The first-order valence-corrected chi connectivity index (χ1v) is 7.48. The van der Waals surface area contributed by atoms with E-state index < -0.39 is 5.97 Å². The van der Waals surface area contributed by atoms with E-state index >= 15 is 0 Å². The van der Waals surface area contributed by atoms with Crippen LogP contribution in [-0.4, -0.2) is 18.5 Å². The lowest BCUT2D eigenvalue weighted by molar-refractivity contribution is -0.131. The number of urea groups is 1. The van der Waals surface area contributed by atoms with E-state index in [9.17, 15) is 9.59 Å². The molecule has 0 spiro atoms. The number of carbonyl (C=O) groups is 2. The zero-order valence-electron chi connectivity index (χ0n) is 12.6. The summed E-state index contributed by atoms with van der Waals surface area (Å²) < 4.78 is 4.96. The van der Waals surface area contributed by atoms with Crippen molar-refractivity contribution < 1.29 is 14.3 Å². The highest BCUT2D eigenvalue weighted by Gasteiger charge is 2.04. The van der Waals surface area contributed by atoms with Crippen molar-refractivity contribution in [2.75, 3.05) is 11.9 Å². The molecule has 6 heteroatoms. The average molecular weight is 333 g/mol. The van der Waals surface area contributed by atoms with Crippen molar-refractivity contribution >= 4 is 29.3 Å². The molecule has 0 saturated carbocycles. The van der Waals surface area contributed by atoms with Gasteiger partial charge in [0.2, 0.25) is 0 Å². The van der Waals surface area contributed by atoms with Gasteiger partial charge in [0, 0.05) is 30.2 Å². The zero-order chi connectivity index (χ0) is 16.7. The molecule has 0 unspecified atom stereocenters. The number of ether oxygens (including phenoxy) is 1. The Bertz CT molecular complexity index is 686. The molecule has 0 radical (unpaired) electrons. The van der Waals surface area contributed by atoms with Crippen LogP contribution in [0.15, 0.2) is 48.5 Å². The summed E-state index contributed by atoms with van der Waals surface area (Å²) in [5.74, 6) is -0.0222. The summed E-state index contributed by atoms with van der Waals surface area (Å²) in [6.45, 7) is 1.82. The van der Waals surface area contributed by atoms with E-state index in [1.165, 1.54) is 6.92 Å². The highest BCUT2D eigenvalue weighted by atomic mass is 35.5. The maximum Gasteiger partial charge on any atom is 0.319 e. The third kappa shape index (κ3) is 6.00. The van der Waals surface area contributed by atoms with E-state index in [2.05, 4.69) is 10.6 Å². The second-order valence-corrected chi connectivity index (χ2v) is 5.32. The summed E-state index contributed by atoms with van der Waals surface area (Å²) in [6, 6.07) is 13.8. The second kappa shape index (κ2) is 8.19. The molecule has 0 aliphatic heterocycles. The van der Waals surface area contributed by atoms with E-state index in [1.54, 1.807) is 24.3 Å². The molecule has 23 heavy (non-hydrogen) atoms. The number of benzene rings is 2. The fourth-order valence-corrected chi connectivity index (χ4v) is 2.08. The van der Waals surface area contributed by atoms with Gasteiger partial charge in [0.25, 0.3) is 0 Å². The van der Waals surface area contributed by atoms with Crippen LogP contribution in [-0.2, 0) is 11.2 Å². The number of nitrogens with one attached hydrogen (secondary N) is 2. The maximum atomic E-state index is 11.8. The maximum absolute atomic E-state index is 11.8. The Morgan fingerprint density at radius 1 is 1.13 bits per heavy atom. The molecule has 2 aromatic carbocycles. The number of carbonyl (C=O) groups excluding carboxylic acids is 2. The predicted octanol–water partition coefficient (Wildman–Crippen LogP) is 3.63. The number of hydrogen-bond acceptors (Lipinski definition) is 3. The van der Waals surface area contributed by atoms with Crippen LogP contribution in [0.5, 0.6) is 5.75 Å². The van der Waals surface area contributed by atoms with Gasteiger partial charge in [-0.05, 0) is 36.2 Å². The Kier molecular flexibility index (Phi) is 6.00. The molecule has 0 aliphatic carbocycles. The van der Waals surface area contributed by atoms with E-state index in [0.29, 0.717) is 29.4 Å². The van der Waals surface area contributed by atoms with Crippen LogP contribution in [0, 0.1) is 0 Å². The summed E-state index contributed by atoms with van der Waals surface area (Å²) in [4.78, 5) is 22.8. The second-order valence-electron chi connectivity index (χ2n) is 4.88. The summed E-state index contributed by atoms with van der Waals surface area (Å²) in [5.41, 5.74) is 1.64. The van der Waals surface area contributed by atoms with Gasteiger partial charge in [0.05, 0.1) is 0 Å². The molecule has 0 atom stereocenters. The van der Waals surface area contributed by atoms with E-state index in [4.69, 9.17) is 16.3 Å². The lowest BCUT2D eigenvalue weighted by atomic mass is 10.1. The van der Waals surface area contributed by atoms with Gasteiger partial charge in [-0.1, -0.05) is 29.8 Å². The Labute approximate surface area is 139 Å². The normalized spacial score (nSPS) is 10.0. The quantitative estimate of drug-likeness (QED) is 0.649. The van der Waals surface area contributed by atoms with Crippen LogP contribution >= 0.6 is 11.6 Å². The average Bonchev–Trinajstić information content (AvgIpc) is 2.49. The standard InChI is InChI=1S/C17H17ClN2O3/c1-12(21)23-16-4-2-3-15(11-16)20-17(22)19-10-9-13-5-7-14(18)8-6-13/h2-8,11H,9-10H2,1H3,(H2,19,20,22). The molecule has 2 rings (SSSR count).